The van der Waals surface area contributed by atoms with E-state index < -0.39 is 12.6 Å². The largest absolute Gasteiger partial charge is 0.389 e. The van der Waals surface area contributed by atoms with E-state index in [9.17, 15) is 13.2 Å². The molecule has 0 heterocycles. The van der Waals surface area contributed by atoms with Crippen LogP contribution < -0.4 is 0 Å². The van der Waals surface area contributed by atoms with Crippen LogP contribution in [-0.2, 0) is 4.74 Å². The van der Waals surface area contributed by atoms with Gasteiger partial charge in [-0.1, -0.05) is 13.8 Å². The van der Waals surface area contributed by atoms with Gasteiger partial charge in [-0.25, -0.2) is 0 Å². The standard InChI is InChI=1S/C11H21F3OS/c1-3-10(4-2,9-16)8-15-7-5-6-11(12,13)14/h16H,3-9H2,1-2H3. The topological polar surface area (TPSA) is 9.23 Å². The first kappa shape index (κ1) is 16.1. The Morgan fingerprint density at radius 2 is 1.69 bits per heavy atom. The van der Waals surface area contributed by atoms with Crippen molar-refractivity contribution >= 4 is 12.6 Å². The van der Waals surface area contributed by atoms with Gasteiger partial charge in [0.2, 0.25) is 0 Å². The summed E-state index contributed by atoms with van der Waals surface area (Å²) < 4.78 is 40.9. The molecule has 0 atom stereocenters. The van der Waals surface area contributed by atoms with Crippen LogP contribution in [0.15, 0.2) is 0 Å². The van der Waals surface area contributed by atoms with E-state index in [0.29, 0.717) is 12.4 Å². The molecule has 0 unspecified atom stereocenters. The van der Waals surface area contributed by atoms with Gasteiger partial charge < -0.3 is 4.74 Å². The minimum Gasteiger partial charge on any atom is -0.381 e. The minimum atomic E-state index is -4.07. The summed E-state index contributed by atoms with van der Waals surface area (Å²) in [5.41, 5.74) is 0.0152. The number of hydrogen-bond acceptors (Lipinski definition) is 2. The Morgan fingerprint density at radius 1 is 1.12 bits per heavy atom. The number of ether oxygens (including phenoxy) is 1. The number of thiol groups is 1. The summed E-state index contributed by atoms with van der Waals surface area (Å²) >= 11 is 4.27. The Morgan fingerprint density at radius 3 is 2.06 bits per heavy atom. The van der Waals surface area contributed by atoms with Crippen molar-refractivity contribution in [2.75, 3.05) is 19.0 Å². The number of alkyl halides is 3. The third-order valence-electron chi connectivity index (χ3n) is 2.99. The van der Waals surface area contributed by atoms with E-state index in [2.05, 4.69) is 26.5 Å². The summed E-state index contributed by atoms with van der Waals surface area (Å²) in [7, 11) is 0. The van der Waals surface area contributed by atoms with Crippen molar-refractivity contribution in [2.45, 2.75) is 45.7 Å². The Bertz CT molecular complexity index is 170. The average molecular weight is 258 g/mol. The normalized spacial score (nSPS) is 13.1. The van der Waals surface area contributed by atoms with E-state index in [4.69, 9.17) is 4.74 Å². The quantitative estimate of drug-likeness (QED) is 0.510. The van der Waals surface area contributed by atoms with Gasteiger partial charge in [-0.3, -0.25) is 0 Å². The molecule has 5 heteroatoms. The van der Waals surface area contributed by atoms with Crippen LogP contribution in [0.25, 0.3) is 0 Å². The molecular formula is C11H21F3OS. The molecule has 0 aliphatic heterocycles. The summed E-state index contributed by atoms with van der Waals surface area (Å²) in [4.78, 5) is 0. The molecule has 0 aliphatic carbocycles. The SMILES string of the molecule is CCC(CC)(CS)COCCCC(F)(F)F. The Kier molecular flexibility index (Phi) is 7.48. The second-order valence-electron chi connectivity index (χ2n) is 4.14. The van der Waals surface area contributed by atoms with E-state index in [-0.39, 0.29) is 18.4 Å². The summed E-state index contributed by atoms with van der Waals surface area (Å²) in [6.07, 6.45) is -2.92. The van der Waals surface area contributed by atoms with Crippen molar-refractivity contribution in [1.82, 2.24) is 0 Å². The van der Waals surface area contributed by atoms with Gasteiger partial charge in [0.05, 0.1) is 6.61 Å². The van der Waals surface area contributed by atoms with E-state index in [1.807, 2.05) is 0 Å². The van der Waals surface area contributed by atoms with Crippen LogP contribution in [0.2, 0.25) is 0 Å². The average Bonchev–Trinajstić information content (AvgIpc) is 2.23. The molecule has 0 bridgehead atoms. The molecule has 0 fully saturated rings. The van der Waals surface area contributed by atoms with Crippen LogP contribution in [0.4, 0.5) is 13.2 Å². The molecule has 0 aromatic carbocycles. The van der Waals surface area contributed by atoms with Gasteiger partial charge in [0.25, 0.3) is 0 Å². The molecule has 0 saturated carbocycles. The maximum absolute atomic E-state index is 11.8. The molecule has 0 aromatic heterocycles. The van der Waals surface area contributed by atoms with E-state index in [1.165, 1.54) is 0 Å². The fourth-order valence-corrected chi connectivity index (χ4v) is 1.93. The third-order valence-corrected chi connectivity index (χ3v) is 3.66. The third kappa shape index (κ3) is 6.63. The van der Waals surface area contributed by atoms with E-state index in [1.54, 1.807) is 0 Å². The van der Waals surface area contributed by atoms with Gasteiger partial charge in [-0.2, -0.15) is 25.8 Å². The lowest BCUT2D eigenvalue weighted by Crippen LogP contribution is -2.28. The first-order valence-corrected chi connectivity index (χ1v) is 6.27. The summed E-state index contributed by atoms with van der Waals surface area (Å²) in [5.74, 6) is 0.708. The van der Waals surface area contributed by atoms with Gasteiger partial charge in [-0.05, 0) is 25.0 Å². The molecule has 0 radical (unpaired) electrons. The van der Waals surface area contributed by atoms with Crippen LogP contribution in [-0.4, -0.2) is 25.1 Å². The van der Waals surface area contributed by atoms with Crippen LogP contribution >= 0.6 is 12.6 Å². The van der Waals surface area contributed by atoms with Gasteiger partial charge >= 0.3 is 6.18 Å². The predicted octanol–water partition coefficient (Wildman–Crippen LogP) is 4.08. The van der Waals surface area contributed by atoms with Gasteiger partial charge in [0.15, 0.2) is 0 Å². The fourth-order valence-electron chi connectivity index (χ4n) is 1.39. The maximum atomic E-state index is 11.8. The van der Waals surface area contributed by atoms with Crippen LogP contribution in [0.3, 0.4) is 0 Å². The smallest absolute Gasteiger partial charge is 0.381 e. The second kappa shape index (κ2) is 7.43. The minimum absolute atomic E-state index is 0.0152. The zero-order chi connectivity index (χ0) is 12.7. The lowest BCUT2D eigenvalue weighted by atomic mass is 9.85. The van der Waals surface area contributed by atoms with Gasteiger partial charge in [-0.15, -0.1) is 0 Å². The van der Waals surface area contributed by atoms with E-state index >= 15 is 0 Å². The molecule has 0 aromatic rings. The molecule has 0 N–H and O–H groups in total. The van der Waals surface area contributed by atoms with Crippen LogP contribution in [0, 0.1) is 5.41 Å². The summed E-state index contributed by atoms with van der Waals surface area (Å²) in [6.45, 7) is 4.79. The van der Waals surface area contributed by atoms with Gasteiger partial charge in [0, 0.05) is 18.4 Å². The lowest BCUT2D eigenvalue weighted by Gasteiger charge is -2.29. The molecule has 16 heavy (non-hydrogen) atoms. The van der Waals surface area contributed by atoms with Crippen molar-refractivity contribution in [1.29, 1.82) is 0 Å². The summed E-state index contributed by atoms with van der Waals surface area (Å²) in [6, 6.07) is 0. The highest BCUT2D eigenvalue weighted by atomic mass is 32.1. The van der Waals surface area contributed by atoms with Crippen LogP contribution in [0.1, 0.15) is 39.5 Å². The molecule has 0 rings (SSSR count). The van der Waals surface area contributed by atoms with Crippen molar-refractivity contribution in [3.63, 3.8) is 0 Å². The monoisotopic (exact) mass is 258 g/mol. The second-order valence-corrected chi connectivity index (χ2v) is 4.45. The van der Waals surface area contributed by atoms with Crippen molar-refractivity contribution in [3.8, 4) is 0 Å². The zero-order valence-electron chi connectivity index (χ0n) is 9.94. The number of hydrogen-bond donors (Lipinski definition) is 1. The van der Waals surface area contributed by atoms with Crippen molar-refractivity contribution in [2.24, 2.45) is 5.41 Å². The van der Waals surface area contributed by atoms with Gasteiger partial charge in [0.1, 0.15) is 0 Å². The fraction of sp³-hybridized carbons (Fsp3) is 1.00. The highest BCUT2D eigenvalue weighted by molar-refractivity contribution is 7.80. The first-order valence-electron chi connectivity index (χ1n) is 5.64. The predicted molar refractivity (Wildman–Crippen MR) is 63.0 cm³/mol. The lowest BCUT2D eigenvalue weighted by molar-refractivity contribution is -0.138. The number of rotatable bonds is 8. The Labute approximate surface area is 101 Å². The molecule has 0 amide bonds. The molecule has 0 spiro atoms. The van der Waals surface area contributed by atoms with E-state index in [0.717, 1.165) is 12.8 Å². The molecule has 1 nitrogen and oxygen atoms in total. The number of halogens is 3. The highest BCUT2D eigenvalue weighted by Gasteiger charge is 2.27. The van der Waals surface area contributed by atoms with Crippen LogP contribution in [0.5, 0.6) is 0 Å². The molecular weight excluding hydrogens is 237 g/mol. The molecule has 0 aliphatic rings. The Hall–Kier alpha value is 0.100. The molecule has 98 valence electrons. The zero-order valence-corrected chi connectivity index (χ0v) is 10.8. The highest BCUT2D eigenvalue weighted by Crippen LogP contribution is 2.28. The summed E-state index contributed by atoms with van der Waals surface area (Å²) in [5, 5.41) is 0. The first-order chi connectivity index (χ1) is 7.39. The van der Waals surface area contributed by atoms with Crippen molar-refractivity contribution < 1.29 is 17.9 Å². The molecule has 0 saturated heterocycles. The van der Waals surface area contributed by atoms with Crippen molar-refractivity contribution in [3.05, 3.63) is 0 Å². The Balaban J connectivity index is 3.71. The maximum Gasteiger partial charge on any atom is 0.389 e.